The Bertz CT molecular complexity index is 772. The fraction of sp³-hybridized carbons (Fsp3) is 0.474. The van der Waals surface area contributed by atoms with Gasteiger partial charge in [-0.15, -0.1) is 0 Å². The molecule has 0 saturated carbocycles. The zero-order valence-electron chi connectivity index (χ0n) is 14.7. The molecular weight excluding hydrogens is 316 g/mol. The maximum atomic E-state index is 13.0. The fourth-order valence-electron chi connectivity index (χ4n) is 4.30. The molecule has 132 valence electrons. The zero-order chi connectivity index (χ0) is 17.4. The molecule has 2 aromatic rings. The molecule has 1 N–H and O–H groups in total. The molecule has 0 spiro atoms. The fourth-order valence-corrected chi connectivity index (χ4v) is 4.30. The normalized spacial score (nSPS) is 25.7. The monoisotopic (exact) mass is 340 g/mol. The molecule has 0 aliphatic carbocycles. The average Bonchev–Trinajstić information content (AvgIpc) is 3.25. The molecular formula is C19H24N4O2. The highest BCUT2D eigenvalue weighted by molar-refractivity contribution is 5.94. The number of aromatic nitrogens is 2. The summed E-state index contributed by atoms with van der Waals surface area (Å²) in [6.45, 7) is 2.66. The van der Waals surface area contributed by atoms with Gasteiger partial charge in [0.1, 0.15) is 5.75 Å². The number of benzene rings is 1. The van der Waals surface area contributed by atoms with Crippen molar-refractivity contribution in [2.75, 3.05) is 26.7 Å². The van der Waals surface area contributed by atoms with Crippen LogP contribution in [0.25, 0.3) is 0 Å². The summed E-state index contributed by atoms with van der Waals surface area (Å²) in [4.78, 5) is 15.1. The van der Waals surface area contributed by atoms with Crippen molar-refractivity contribution in [2.24, 2.45) is 13.0 Å². The van der Waals surface area contributed by atoms with E-state index in [0.717, 1.165) is 31.8 Å². The lowest BCUT2D eigenvalue weighted by Gasteiger charge is -2.32. The number of rotatable bonds is 3. The second-order valence-corrected chi connectivity index (χ2v) is 6.97. The van der Waals surface area contributed by atoms with Gasteiger partial charge in [-0.3, -0.25) is 9.48 Å². The summed E-state index contributed by atoms with van der Waals surface area (Å²) in [6, 6.07) is 8.54. The van der Waals surface area contributed by atoms with Crippen molar-refractivity contribution in [3.8, 4) is 5.75 Å². The van der Waals surface area contributed by atoms with Crippen LogP contribution in [0.1, 0.15) is 28.3 Å². The molecule has 6 nitrogen and oxygen atoms in total. The van der Waals surface area contributed by atoms with Gasteiger partial charge in [0.25, 0.3) is 5.91 Å². The topological polar surface area (TPSA) is 59.4 Å². The Balaban J connectivity index is 1.64. The summed E-state index contributed by atoms with van der Waals surface area (Å²) in [5, 5.41) is 7.66. The molecule has 0 bridgehead atoms. The lowest BCUT2D eigenvalue weighted by atomic mass is 9.82. The van der Waals surface area contributed by atoms with Crippen molar-refractivity contribution in [1.29, 1.82) is 0 Å². The summed E-state index contributed by atoms with van der Waals surface area (Å²) in [5.41, 5.74) is 1.92. The molecule has 2 fully saturated rings. The minimum absolute atomic E-state index is 0.0930. The van der Waals surface area contributed by atoms with Gasteiger partial charge < -0.3 is 15.0 Å². The summed E-state index contributed by atoms with van der Waals surface area (Å²) in [6.07, 6.45) is 4.46. The highest BCUT2D eigenvalue weighted by Crippen LogP contribution is 2.41. The van der Waals surface area contributed by atoms with Crippen molar-refractivity contribution >= 4 is 5.91 Å². The van der Waals surface area contributed by atoms with E-state index in [9.17, 15) is 4.79 Å². The predicted octanol–water partition coefficient (Wildman–Crippen LogP) is 1.65. The van der Waals surface area contributed by atoms with Gasteiger partial charge in [0.05, 0.1) is 18.9 Å². The molecule has 0 radical (unpaired) electrons. The van der Waals surface area contributed by atoms with E-state index in [0.29, 0.717) is 17.4 Å². The zero-order valence-corrected chi connectivity index (χ0v) is 14.7. The number of aryl methyl sites for hydroxylation is 1. The highest BCUT2D eigenvalue weighted by atomic mass is 16.5. The maximum Gasteiger partial charge on any atom is 0.257 e. The number of nitrogens with one attached hydrogen (secondary N) is 1. The second kappa shape index (κ2) is 6.52. The molecule has 1 amide bonds. The number of fused-ring (bicyclic) bond motifs is 1. The molecule has 2 aliphatic rings. The van der Waals surface area contributed by atoms with Crippen LogP contribution in [0.3, 0.4) is 0 Å². The van der Waals surface area contributed by atoms with E-state index in [-0.39, 0.29) is 11.9 Å². The Morgan fingerprint density at radius 2 is 2.28 bits per heavy atom. The number of nitrogens with zero attached hydrogens (tertiary/aromatic N) is 3. The Kier molecular flexibility index (Phi) is 4.21. The van der Waals surface area contributed by atoms with E-state index in [2.05, 4.69) is 27.4 Å². The summed E-state index contributed by atoms with van der Waals surface area (Å²) < 4.78 is 7.07. The summed E-state index contributed by atoms with van der Waals surface area (Å²) in [7, 11) is 3.53. The molecule has 2 saturated heterocycles. The van der Waals surface area contributed by atoms with Crippen molar-refractivity contribution in [3.63, 3.8) is 0 Å². The molecule has 25 heavy (non-hydrogen) atoms. The molecule has 6 heteroatoms. The number of piperidine rings is 1. The van der Waals surface area contributed by atoms with Gasteiger partial charge in [-0.1, -0.05) is 12.1 Å². The third kappa shape index (κ3) is 2.91. The number of hydrogen-bond acceptors (Lipinski definition) is 4. The Morgan fingerprint density at radius 3 is 3.04 bits per heavy atom. The highest BCUT2D eigenvalue weighted by Gasteiger charge is 2.45. The lowest BCUT2D eigenvalue weighted by molar-refractivity contribution is 0.0697. The van der Waals surface area contributed by atoms with Crippen LogP contribution in [0, 0.1) is 5.92 Å². The molecule has 1 aromatic heterocycles. The minimum Gasteiger partial charge on any atom is -0.497 e. The van der Waals surface area contributed by atoms with E-state index in [1.54, 1.807) is 24.2 Å². The van der Waals surface area contributed by atoms with E-state index >= 15 is 0 Å². The Hall–Kier alpha value is -2.34. The number of ether oxygens (including phenoxy) is 1. The predicted molar refractivity (Wildman–Crippen MR) is 94.7 cm³/mol. The van der Waals surface area contributed by atoms with Crippen molar-refractivity contribution in [2.45, 2.75) is 18.4 Å². The summed E-state index contributed by atoms with van der Waals surface area (Å²) in [5.74, 6) is 1.72. The third-order valence-electron chi connectivity index (χ3n) is 5.54. The first-order chi connectivity index (χ1) is 12.2. The molecule has 0 unspecified atom stereocenters. The number of methoxy groups -OCH3 is 1. The first-order valence-electron chi connectivity index (χ1n) is 8.81. The Morgan fingerprint density at radius 1 is 1.40 bits per heavy atom. The van der Waals surface area contributed by atoms with Gasteiger partial charge in [0, 0.05) is 44.2 Å². The SMILES string of the molecule is COc1cccc([C@H]2CN(C(=O)c3cnn(C)c3)[C@@H]3CCNC[C@H]23)c1. The van der Waals surface area contributed by atoms with Gasteiger partial charge in [0.15, 0.2) is 0 Å². The van der Waals surface area contributed by atoms with Crippen LogP contribution in [-0.4, -0.2) is 53.4 Å². The van der Waals surface area contributed by atoms with Crippen LogP contribution < -0.4 is 10.1 Å². The molecule has 1 aromatic carbocycles. The standard InChI is InChI=1S/C19H24N4O2/c1-22-11-14(9-21-22)19(24)23-12-17(16-10-20-7-6-18(16)23)13-4-3-5-15(8-13)25-2/h3-5,8-9,11,16-18,20H,6-7,10,12H2,1-2H3/t16-,17-,18-/m1/s1. The Labute approximate surface area is 147 Å². The van der Waals surface area contributed by atoms with Crippen LogP contribution in [0.15, 0.2) is 36.7 Å². The van der Waals surface area contributed by atoms with Crippen LogP contribution in [0.5, 0.6) is 5.75 Å². The van der Waals surface area contributed by atoms with Gasteiger partial charge in [0.2, 0.25) is 0 Å². The van der Waals surface area contributed by atoms with Gasteiger partial charge >= 0.3 is 0 Å². The largest absolute Gasteiger partial charge is 0.497 e. The van der Waals surface area contributed by atoms with E-state index in [1.807, 2.05) is 19.2 Å². The average molecular weight is 340 g/mol. The van der Waals surface area contributed by atoms with Crippen molar-refractivity contribution in [1.82, 2.24) is 20.0 Å². The number of carbonyl (C=O) groups excluding carboxylic acids is 1. The van der Waals surface area contributed by atoms with E-state index < -0.39 is 0 Å². The quantitative estimate of drug-likeness (QED) is 0.923. The van der Waals surface area contributed by atoms with Crippen LogP contribution in [0.2, 0.25) is 0 Å². The smallest absolute Gasteiger partial charge is 0.257 e. The van der Waals surface area contributed by atoms with E-state index in [1.165, 1.54) is 5.56 Å². The van der Waals surface area contributed by atoms with Crippen LogP contribution >= 0.6 is 0 Å². The lowest BCUT2D eigenvalue weighted by Crippen LogP contribution is -2.46. The maximum absolute atomic E-state index is 13.0. The second-order valence-electron chi connectivity index (χ2n) is 6.97. The molecule has 3 heterocycles. The number of carbonyl (C=O) groups is 1. The van der Waals surface area contributed by atoms with Crippen molar-refractivity contribution in [3.05, 3.63) is 47.8 Å². The van der Waals surface area contributed by atoms with Gasteiger partial charge in [-0.05, 0) is 30.7 Å². The third-order valence-corrected chi connectivity index (χ3v) is 5.54. The first kappa shape index (κ1) is 16.1. The van der Waals surface area contributed by atoms with Crippen LogP contribution in [0.4, 0.5) is 0 Å². The minimum atomic E-state index is 0.0930. The molecule has 2 aliphatic heterocycles. The van der Waals surface area contributed by atoms with Gasteiger partial charge in [-0.2, -0.15) is 5.10 Å². The number of likely N-dealkylation sites (tertiary alicyclic amines) is 1. The first-order valence-corrected chi connectivity index (χ1v) is 8.81. The summed E-state index contributed by atoms with van der Waals surface area (Å²) >= 11 is 0. The van der Waals surface area contributed by atoms with Crippen LogP contribution in [-0.2, 0) is 7.05 Å². The number of amides is 1. The van der Waals surface area contributed by atoms with Crippen molar-refractivity contribution < 1.29 is 9.53 Å². The van der Waals surface area contributed by atoms with E-state index in [4.69, 9.17) is 4.74 Å². The molecule has 4 rings (SSSR count). The van der Waals surface area contributed by atoms with Gasteiger partial charge in [-0.25, -0.2) is 0 Å². The number of hydrogen-bond donors (Lipinski definition) is 1. The molecule has 3 atom stereocenters.